The number of methoxy groups -OCH3 is 1. The van der Waals surface area contributed by atoms with Gasteiger partial charge in [0.15, 0.2) is 0 Å². The largest absolute Gasteiger partial charge is 0.380 e. The van der Waals surface area contributed by atoms with Crippen molar-refractivity contribution in [2.24, 2.45) is 0 Å². The third-order valence-electron chi connectivity index (χ3n) is 2.82. The zero-order chi connectivity index (χ0) is 13.7. The van der Waals surface area contributed by atoms with Crippen LogP contribution in [0.5, 0.6) is 0 Å². The van der Waals surface area contributed by atoms with Crippen LogP contribution in [0.3, 0.4) is 0 Å². The number of halogens is 2. The van der Waals surface area contributed by atoms with Gasteiger partial charge in [-0.05, 0) is 45.3 Å². The molecule has 0 bridgehead atoms. The van der Waals surface area contributed by atoms with Crippen molar-refractivity contribution in [3.8, 4) is 0 Å². The lowest BCUT2D eigenvalue weighted by Crippen LogP contribution is -2.04. The van der Waals surface area contributed by atoms with Gasteiger partial charge in [0, 0.05) is 28.8 Å². The maximum atomic E-state index is 5.93. The molecule has 0 heterocycles. The molecule has 19 heavy (non-hydrogen) atoms. The van der Waals surface area contributed by atoms with Crippen molar-refractivity contribution in [2.75, 3.05) is 12.4 Å². The van der Waals surface area contributed by atoms with Crippen molar-refractivity contribution < 1.29 is 4.74 Å². The van der Waals surface area contributed by atoms with Crippen LogP contribution in [0.1, 0.15) is 11.1 Å². The lowest BCUT2D eigenvalue weighted by atomic mass is 10.1. The number of nitrogens with one attached hydrogen (secondary N) is 1. The van der Waals surface area contributed by atoms with E-state index < -0.39 is 0 Å². The van der Waals surface area contributed by atoms with E-state index in [4.69, 9.17) is 16.3 Å². The Morgan fingerprint density at radius 2 is 1.89 bits per heavy atom. The molecular weight excluding hydrogens is 326 g/mol. The summed E-state index contributed by atoms with van der Waals surface area (Å²) in [6, 6.07) is 14.0. The molecule has 2 aromatic rings. The van der Waals surface area contributed by atoms with Gasteiger partial charge >= 0.3 is 0 Å². The molecule has 0 aromatic heterocycles. The SMILES string of the molecule is COCc1ccccc1CNc1ccc(Cl)cc1Br. The molecule has 0 amide bonds. The van der Waals surface area contributed by atoms with E-state index in [1.807, 2.05) is 30.3 Å². The Bertz CT molecular complexity index is 560. The van der Waals surface area contributed by atoms with E-state index in [1.54, 1.807) is 7.11 Å². The molecule has 2 rings (SSSR count). The molecule has 2 nitrogen and oxygen atoms in total. The summed E-state index contributed by atoms with van der Waals surface area (Å²) >= 11 is 9.42. The summed E-state index contributed by atoms with van der Waals surface area (Å²) in [6.45, 7) is 1.37. The monoisotopic (exact) mass is 339 g/mol. The minimum absolute atomic E-state index is 0.625. The van der Waals surface area contributed by atoms with Crippen LogP contribution in [0.2, 0.25) is 5.02 Å². The molecule has 0 aliphatic rings. The molecule has 0 fully saturated rings. The van der Waals surface area contributed by atoms with Gasteiger partial charge in [-0.25, -0.2) is 0 Å². The fourth-order valence-electron chi connectivity index (χ4n) is 1.85. The zero-order valence-electron chi connectivity index (χ0n) is 10.6. The molecule has 100 valence electrons. The van der Waals surface area contributed by atoms with Gasteiger partial charge in [0.2, 0.25) is 0 Å². The van der Waals surface area contributed by atoms with Crippen LogP contribution in [0, 0.1) is 0 Å². The summed E-state index contributed by atoms with van der Waals surface area (Å²) in [5.41, 5.74) is 3.45. The van der Waals surface area contributed by atoms with E-state index in [0.29, 0.717) is 6.61 Å². The minimum atomic E-state index is 0.625. The Hall–Kier alpha value is -1.03. The van der Waals surface area contributed by atoms with Crippen LogP contribution in [0.25, 0.3) is 0 Å². The molecule has 0 atom stereocenters. The molecule has 0 aliphatic carbocycles. The fraction of sp³-hybridized carbons (Fsp3) is 0.200. The van der Waals surface area contributed by atoms with Gasteiger partial charge in [0.05, 0.1) is 6.61 Å². The third kappa shape index (κ3) is 3.96. The Balaban J connectivity index is 2.10. The van der Waals surface area contributed by atoms with E-state index in [1.165, 1.54) is 11.1 Å². The standard InChI is InChI=1S/C15H15BrClNO/c1-19-10-12-5-3-2-4-11(12)9-18-15-7-6-13(17)8-14(15)16/h2-8,18H,9-10H2,1H3. The van der Waals surface area contributed by atoms with Crippen molar-refractivity contribution in [2.45, 2.75) is 13.2 Å². The van der Waals surface area contributed by atoms with Crippen LogP contribution in [0.15, 0.2) is 46.9 Å². The Labute approximate surface area is 126 Å². The summed E-state index contributed by atoms with van der Waals surface area (Å²) in [5, 5.41) is 4.11. The van der Waals surface area contributed by atoms with Gasteiger partial charge in [-0.1, -0.05) is 35.9 Å². The van der Waals surface area contributed by atoms with Crippen molar-refractivity contribution >= 4 is 33.2 Å². The number of benzene rings is 2. The van der Waals surface area contributed by atoms with Crippen LogP contribution in [-0.4, -0.2) is 7.11 Å². The van der Waals surface area contributed by atoms with Gasteiger partial charge in [0.1, 0.15) is 0 Å². The summed E-state index contributed by atoms with van der Waals surface area (Å²) in [7, 11) is 1.71. The van der Waals surface area contributed by atoms with E-state index >= 15 is 0 Å². The number of hydrogen-bond donors (Lipinski definition) is 1. The first-order valence-corrected chi connectivity index (χ1v) is 7.12. The van der Waals surface area contributed by atoms with Gasteiger partial charge < -0.3 is 10.1 Å². The van der Waals surface area contributed by atoms with Crippen molar-refractivity contribution in [3.05, 3.63) is 63.1 Å². The molecular formula is C15H15BrClNO. The van der Waals surface area contributed by atoms with Gasteiger partial charge in [-0.15, -0.1) is 0 Å². The first-order chi connectivity index (χ1) is 9.20. The second-order valence-corrected chi connectivity index (χ2v) is 5.47. The molecule has 0 unspecified atom stereocenters. The zero-order valence-corrected chi connectivity index (χ0v) is 13.0. The van der Waals surface area contributed by atoms with Crippen molar-refractivity contribution in [3.63, 3.8) is 0 Å². The highest BCUT2D eigenvalue weighted by molar-refractivity contribution is 9.10. The lowest BCUT2D eigenvalue weighted by Gasteiger charge is -2.12. The van der Waals surface area contributed by atoms with Crippen molar-refractivity contribution in [1.29, 1.82) is 0 Å². The summed E-state index contributed by atoms with van der Waals surface area (Å²) in [5.74, 6) is 0. The number of hydrogen-bond acceptors (Lipinski definition) is 2. The molecule has 0 spiro atoms. The van der Waals surface area contributed by atoms with E-state index in [9.17, 15) is 0 Å². The Kier molecular flexibility index (Phi) is 5.25. The second-order valence-electron chi connectivity index (χ2n) is 4.18. The maximum absolute atomic E-state index is 5.93. The van der Waals surface area contributed by atoms with Crippen LogP contribution < -0.4 is 5.32 Å². The normalized spacial score (nSPS) is 10.5. The quantitative estimate of drug-likeness (QED) is 0.839. The van der Waals surface area contributed by atoms with Crippen LogP contribution in [0.4, 0.5) is 5.69 Å². The molecule has 0 saturated carbocycles. The summed E-state index contributed by atoms with van der Waals surface area (Å²) < 4.78 is 6.17. The van der Waals surface area contributed by atoms with E-state index in [-0.39, 0.29) is 0 Å². The van der Waals surface area contributed by atoms with E-state index in [0.717, 1.165) is 21.7 Å². The number of rotatable bonds is 5. The smallest absolute Gasteiger partial charge is 0.0716 e. The van der Waals surface area contributed by atoms with Crippen LogP contribution in [-0.2, 0) is 17.9 Å². The first-order valence-electron chi connectivity index (χ1n) is 5.95. The number of ether oxygens (including phenoxy) is 1. The molecule has 0 saturated heterocycles. The van der Waals surface area contributed by atoms with Gasteiger partial charge in [-0.2, -0.15) is 0 Å². The fourth-order valence-corrected chi connectivity index (χ4v) is 2.67. The Morgan fingerprint density at radius 1 is 1.16 bits per heavy atom. The van der Waals surface area contributed by atoms with Crippen LogP contribution >= 0.6 is 27.5 Å². The van der Waals surface area contributed by atoms with Crippen molar-refractivity contribution in [1.82, 2.24) is 0 Å². The maximum Gasteiger partial charge on any atom is 0.0716 e. The molecule has 1 N–H and O–H groups in total. The minimum Gasteiger partial charge on any atom is -0.380 e. The van der Waals surface area contributed by atoms with Gasteiger partial charge in [0.25, 0.3) is 0 Å². The molecule has 0 aliphatic heterocycles. The number of anilines is 1. The summed E-state index contributed by atoms with van der Waals surface area (Å²) in [4.78, 5) is 0. The predicted octanol–water partition coefficient (Wildman–Crippen LogP) is 4.86. The average molecular weight is 341 g/mol. The first kappa shape index (κ1) is 14.4. The van der Waals surface area contributed by atoms with Gasteiger partial charge in [-0.3, -0.25) is 0 Å². The molecule has 4 heteroatoms. The Morgan fingerprint density at radius 3 is 2.58 bits per heavy atom. The highest BCUT2D eigenvalue weighted by Gasteiger charge is 2.03. The summed E-state index contributed by atoms with van der Waals surface area (Å²) in [6.07, 6.45) is 0. The second kappa shape index (κ2) is 6.94. The highest BCUT2D eigenvalue weighted by atomic mass is 79.9. The predicted molar refractivity (Wildman–Crippen MR) is 83.6 cm³/mol. The highest BCUT2D eigenvalue weighted by Crippen LogP contribution is 2.26. The average Bonchev–Trinajstić information content (AvgIpc) is 2.40. The molecule has 2 aromatic carbocycles. The van der Waals surface area contributed by atoms with E-state index in [2.05, 4.69) is 33.4 Å². The topological polar surface area (TPSA) is 21.3 Å². The third-order valence-corrected chi connectivity index (χ3v) is 3.71. The lowest BCUT2D eigenvalue weighted by molar-refractivity contribution is 0.184. The molecule has 0 radical (unpaired) electrons.